The van der Waals surface area contributed by atoms with Crippen LogP contribution in [0.4, 0.5) is 0 Å². The molecule has 0 radical (unpaired) electrons. The van der Waals surface area contributed by atoms with Crippen LogP contribution in [-0.4, -0.2) is 25.3 Å². The summed E-state index contributed by atoms with van der Waals surface area (Å²) in [4.78, 5) is 15.6. The molecule has 5 heteroatoms. The van der Waals surface area contributed by atoms with Gasteiger partial charge in [-0.25, -0.2) is 10.3 Å². The van der Waals surface area contributed by atoms with Crippen LogP contribution in [0.15, 0.2) is 0 Å². The summed E-state index contributed by atoms with van der Waals surface area (Å²) in [6, 6.07) is 0. The van der Waals surface area contributed by atoms with Crippen molar-refractivity contribution in [1.29, 1.82) is 0 Å². The number of nitrogens with two attached hydrogens (primary N) is 1. The molecule has 0 bridgehead atoms. The van der Waals surface area contributed by atoms with Crippen molar-refractivity contribution in [1.82, 2.24) is 5.48 Å². The first-order chi connectivity index (χ1) is 5.83. The van der Waals surface area contributed by atoms with Gasteiger partial charge in [-0.1, -0.05) is 0 Å². The highest BCUT2D eigenvalue weighted by Gasteiger charge is 2.14. The number of ether oxygens (including phenoxy) is 1. The molecule has 0 aromatic carbocycles. The Bertz CT molecular complexity index is 146. The Labute approximate surface area is 71.2 Å². The first kappa shape index (κ1) is 9.44. The average Bonchev–Trinajstić information content (AvgIpc) is 2.16. The molecule has 3 N–H and O–H groups in total. The fourth-order valence-electron chi connectivity index (χ4n) is 0.977. The predicted octanol–water partition coefficient (Wildman–Crippen LogP) is -0.481. The molecule has 1 amide bonds. The summed E-state index contributed by atoms with van der Waals surface area (Å²) < 4.78 is 5.20. The quantitative estimate of drug-likeness (QED) is 0.567. The van der Waals surface area contributed by atoms with Gasteiger partial charge in [0.25, 0.3) is 5.91 Å². The Balaban J connectivity index is 2.09. The van der Waals surface area contributed by atoms with Gasteiger partial charge in [-0.3, -0.25) is 4.79 Å². The van der Waals surface area contributed by atoms with Crippen LogP contribution in [0.5, 0.6) is 0 Å². The Hall–Kier alpha value is -0.650. The number of carbonyl (C=O) groups is 1. The van der Waals surface area contributed by atoms with Crippen LogP contribution in [0, 0.1) is 0 Å². The van der Waals surface area contributed by atoms with Crippen LogP contribution >= 0.6 is 0 Å². The van der Waals surface area contributed by atoms with Crippen molar-refractivity contribution >= 4 is 5.91 Å². The first-order valence-electron chi connectivity index (χ1n) is 4.09. The van der Waals surface area contributed by atoms with Crippen LogP contribution < -0.4 is 11.2 Å². The minimum absolute atomic E-state index is 0.0628. The Morgan fingerprint density at radius 2 is 2.50 bits per heavy atom. The van der Waals surface area contributed by atoms with E-state index in [9.17, 15) is 4.79 Å². The van der Waals surface area contributed by atoms with Crippen molar-refractivity contribution < 1.29 is 14.4 Å². The van der Waals surface area contributed by atoms with Gasteiger partial charge in [-0.2, -0.15) is 0 Å². The molecule has 1 saturated heterocycles. The van der Waals surface area contributed by atoms with E-state index in [1.165, 1.54) is 0 Å². The highest BCUT2D eigenvalue weighted by molar-refractivity contribution is 5.76. The molecule has 1 aliphatic rings. The largest absolute Gasteiger partial charge is 0.350 e. The lowest BCUT2D eigenvalue weighted by Gasteiger charge is -2.21. The van der Waals surface area contributed by atoms with Gasteiger partial charge < -0.3 is 10.5 Å². The van der Waals surface area contributed by atoms with Crippen LogP contribution in [0.1, 0.15) is 19.3 Å². The molecule has 0 aromatic heterocycles. The topological polar surface area (TPSA) is 73.6 Å². The fraction of sp³-hybridized carbons (Fsp3) is 0.857. The second-order valence-corrected chi connectivity index (χ2v) is 2.64. The summed E-state index contributed by atoms with van der Waals surface area (Å²) in [6.45, 7) is 0.635. The third kappa shape index (κ3) is 3.17. The molecule has 0 aromatic rings. The molecule has 70 valence electrons. The van der Waals surface area contributed by atoms with Gasteiger partial charge in [0.2, 0.25) is 0 Å². The van der Waals surface area contributed by atoms with Crippen molar-refractivity contribution in [3.63, 3.8) is 0 Å². The predicted molar refractivity (Wildman–Crippen MR) is 41.9 cm³/mol. The molecule has 1 heterocycles. The number of carbonyl (C=O) groups excluding carboxylic acids is 1. The minimum Gasteiger partial charge on any atom is -0.350 e. The van der Waals surface area contributed by atoms with Crippen LogP contribution in [0.25, 0.3) is 0 Å². The highest BCUT2D eigenvalue weighted by atomic mass is 16.8. The SMILES string of the molecule is NCC(=O)NOC1CCCCO1. The number of rotatable bonds is 3. The smallest absolute Gasteiger partial charge is 0.257 e. The third-order valence-electron chi connectivity index (χ3n) is 1.63. The van der Waals surface area contributed by atoms with Gasteiger partial charge in [-0.15, -0.1) is 0 Å². The van der Waals surface area contributed by atoms with Gasteiger partial charge in [0, 0.05) is 13.0 Å². The van der Waals surface area contributed by atoms with Crippen LogP contribution in [0.3, 0.4) is 0 Å². The molecule has 0 aliphatic carbocycles. The van der Waals surface area contributed by atoms with Gasteiger partial charge in [0.05, 0.1) is 6.54 Å². The second kappa shape index (κ2) is 5.08. The second-order valence-electron chi connectivity index (χ2n) is 2.64. The van der Waals surface area contributed by atoms with E-state index in [1.54, 1.807) is 0 Å². The van der Waals surface area contributed by atoms with Gasteiger partial charge in [0.1, 0.15) is 0 Å². The zero-order valence-electron chi connectivity index (χ0n) is 6.91. The molecule has 12 heavy (non-hydrogen) atoms. The first-order valence-corrected chi connectivity index (χ1v) is 4.09. The lowest BCUT2D eigenvalue weighted by Crippen LogP contribution is -2.36. The van der Waals surface area contributed by atoms with Crippen molar-refractivity contribution in [3.05, 3.63) is 0 Å². The average molecular weight is 174 g/mol. The molecule has 1 fully saturated rings. The van der Waals surface area contributed by atoms with E-state index >= 15 is 0 Å². The summed E-state index contributed by atoms with van der Waals surface area (Å²) in [6.07, 6.45) is 2.66. The maximum Gasteiger partial charge on any atom is 0.257 e. The number of hydrogen-bond acceptors (Lipinski definition) is 4. The normalized spacial score (nSPS) is 23.6. The minimum atomic E-state index is -0.329. The number of amides is 1. The molecule has 1 unspecified atom stereocenters. The van der Waals surface area contributed by atoms with E-state index in [-0.39, 0.29) is 18.7 Å². The number of hydroxylamine groups is 1. The summed E-state index contributed by atoms with van der Waals surface area (Å²) in [7, 11) is 0. The molecular weight excluding hydrogens is 160 g/mol. The highest BCUT2D eigenvalue weighted by Crippen LogP contribution is 2.12. The lowest BCUT2D eigenvalue weighted by atomic mass is 10.2. The maximum atomic E-state index is 10.6. The van der Waals surface area contributed by atoms with Crippen LogP contribution in [-0.2, 0) is 14.4 Å². The summed E-state index contributed by atoms with van der Waals surface area (Å²) in [5, 5.41) is 0. The van der Waals surface area contributed by atoms with Crippen molar-refractivity contribution in [2.24, 2.45) is 5.73 Å². The molecule has 1 rings (SSSR count). The molecule has 0 spiro atoms. The van der Waals surface area contributed by atoms with Gasteiger partial charge in [-0.05, 0) is 12.8 Å². The lowest BCUT2D eigenvalue weighted by molar-refractivity contribution is -0.199. The third-order valence-corrected chi connectivity index (χ3v) is 1.63. The molecule has 0 saturated carbocycles. The standard InChI is InChI=1S/C7H14N2O3/c8-5-6(10)9-12-7-3-1-2-4-11-7/h7H,1-5,8H2,(H,9,10). The molecular formula is C7H14N2O3. The zero-order chi connectivity index (χ0) is 8.81. The summed E-state index contributed by atoms with van der Waals surface area (Å²) in [5.41, 5.74) is 7.27. The number of nitrogens with one attached hydrogen (secondary N) is 1. The Kier molecular flexibility index (Phi) is 3.99. The van der Waals surface area contributed by atoms with E-state index in [0.29, 0.717) is 6.61 Å². The monoisotopic (exact) mass is 174 g/mol. The van der Waals surface area contributed by atoms with E-state index in [2.05, 4.69) is 5.48 Å². The molecule has 1 atom stereocenters. The van der Waals surface area contributed by atoms with Crippen molar-refractivity contribution in [2.45, 2.75) is 25.6 Å². The van der Waals surface area contributed by atoms with Crippen molar-refractivity contribution in [3.8, 4) is 0 Å². The molecule has 1 aliphatic heterocycles. The Morgan fingerprint density at radius 3 is 3.08 bits per heavy atom. The van der Waals surface area contributed by atoms with E-state index in [1.807, 2.05) is 0 Å². The Morgan fingerprint density at radius 1 is 1.67 bits per heavy atom. The maximum absolute atomic E-state index is 10.6. The van der Waals surface area contributed by atoms with Gasteiger partial charge in [0.15, 0.2) is 6.29 Å². The summed E-state index contributed by atoms with van der Waals surface area (Å²) >= 11 is 0. The van der Waals surface area contributed by atoms with E-state index in [0.717, 1.165) is 19.3 Å². The van der Waals surface area contributed by atoms with E-state index < -0.39 is 0 Å². The number of hydrogen-bond donors (Lipinski definition) is 2. The zero-order valence-corrected chi connectivity index (χ0v) is 6.91. The fourth-order valence-corrected chi connectivity index (χ4v) is 0.977. The van der Waals surface area contributed by atoms with Gasteiger partial charge >= 0.3 is 0 Å². The summed E-state index contributed by atoms with van der Waals surface area (Å²) in [5.74, 6) is -0.329. The van der Waals surface area contributed by atoms with Crippen LogP contribution in [0.2, 0.25) is 0 Å². The molecule has 5 nitrogen and oxygen atoms in total. The van der Waals surface area contributed by atoms with E-state index in [4.69, 9.17) is 15.3 Å². The van der Waals surface area contributed by atoms with Crippen molar-refractivity contribution in [2.75, 3.05) is 13.2 Å².